The Balaban J connectivity index is 1.50. The molecule has 3 aromatic rings. The van der Waals surface area contributed by atoms with Gasteiger partial charge in [0.05, 0.1) is 5.75 Å². The topological polar surface area (TPSA) is 77.0 Å². The lowest BCUT2D eigenvalue weighted by atomic mass is 10.2. The van der Waals surface area contributed by atoms with Gasteiger partial charge >= 0.3 is 0 Å². The Morgan fingerprint density at radius 1 is 1.19 bits per heavy atom. The zero-order valence-electron chi connectivity index (χ0n) is 15.1. The molecule has 6 nitrogen and oxygen atoms in total. The van der Waals surface area contributed by atoms with Gasteiger partial charge in [0.25, 0.3) is 0 Å². The summed E-state index contributed by atoms with van der Waals surface area (Å²) >= 11 is 1.43. The number of thioether (sulfide) groups is 1. The van der Waals surface area contributed by atoms with Crippen molar-refractivity contribution < 1.29 is 4.79 Å². The van der Waals surface area contributed by atoms with Crippen molar-refractivity contribution in [1.82, 2.24) is 14.8 Å². The number of rotatable bonds is 5. The fourth-order valence-electron chi connectivity index (χ4n) is 3.37. The minimum Gasteiger partial charge on any atom is -0.399 e. The summed E-state index contributed by atoms with van der Waals surface area (Å²) in [5.41, 5.74) is 9.77. The predicted octanol–water partition coefficient (Wildman–Crippen LogP) is 3.23. The Kier molecular flexibility index (Phi) is 4.85. The van der Waals surface area contributed by atoms with E-state index in [2.05, 4.69) is 16.3 Å². The molecule has 2 heterocycles. The van der Waals surface area contributed by atoms with Crippen LogP contribution in [0.1, 0.15) is 12.5 Å². The van der Waals surface area contributed by atoms with Crippen LogP contribution < -0.4 is 10.6 Å². The number of nitrogens with zero attached hydrogens (tertiary/aromatic N) is 4. The van der Waals surface area contributed by atoms with Gasteiger partial charge in [-0.05, 0) is 37.1 Å². The molecule has 0 bridgehead atoms. The van der Waals surface area contributed by atoms with E-state index in [1.165, 1.54) is 17.3 Å². The molecule has 0 saturated heterocycles. The van der Waals surface area contributed by atoms with Crippen molar-refractivity contribution in [2.45, 2.75) is 25.0 Å². The molecule has 1 aliphatic rings. The summed E-state index contributed by atoms with van der Waals surface area (Å²) in [7, 11) is 0. The Morgan fingerprint density at radius 2 is 2.04 bits per heavy atom. The number of nitrogen functional groups attached to an aromatic ring is 1. The van der Waals surface area contributed by atoms with E-state index in [1.807, 2.05) is 58.9 Å². The van der Waals surface area contributed by atoms with E-state index in [4.69, 9.17) is 5.73 Å². The molecular weight excluding hydrogens is 358 g/mol. The van der Waals surface area contributed by atoms with Crippen LogP contribution in [-0.2, 0) is 17.8 Å². The SMILES string of the molecule is CCn1c(SCC(=O)N2CCc3ccccc32)nnc1-c1cccc(N)c1. The number of para-hydroxylation sites is 1. The van der Waals surface area contributed by atoms with E-state index in [0.29, 0.717) is 11.4 Å². The molecule has 2 aromatic carbocycles. The largest absolute Gasteiger partial charge is 0.399 e. The first-order valence-corrected chi connectivity index (χ1v) is 9.96. The molecule has 0 saturated carbocycles. The number of carbonyl (C=O) groups is 1. The third kappa shape index (κ3) is 3.42. The second-order valence-corrected chi connectivity index (χ2v) is 7.33. The highest BCUT2D eigenvalue weighted by atomic mass is 32.2. The molecule has 0 fully saturated rings. The highest BCUT2D eigenvalue weighted by molar-refractivity contribution is 7.99. The van der Waals surface area contributed by atoms with E-state index >= 15 is 0 Å². The standard InChI is InChI=1S/C20H21N5OS/c1-2-24-19(15-7-5-8-16(21)12-15)22-23-20(24)27-13-18(26)25-11-10-14-6-3-4-9-17(14)25/h3-9,12H,2,10-11,13,21H2,1H3. The maximum atomic E-state index is 12.7. The molecule has 7 heteroatoms. The summed E-state index contributed by atoms with van der Waals surface area (Å²) in [5, 5.41) is 9.37. The van der Waals surface area contributed by atoms with Gasteiger partial charge in [0.1, 0.15) is 0 Å². The minimum atomic E-state index is 0.0982. The number of carbonyl (C=O) groups excluding carboxylic acids is 1. The maximum Gasteiger partial charge on any atom is 0.237 e. The Morgan fingerprint density at radius 3 is 2.85 bits per heavy atom. The zero-order chi connectivity index (χ0) is 18.8. The van der Waals surface area contributed by atoms with Gasteiger partial charge in [0, 0.05) is 30.0 Å². The first-order chi connectivity index (χ1) is 13.2. The van der Waals surface area contributed by atoms with Crippen LogP contribution in [0.25, 0.3) is 11.4 Å². The van der Waals surface area contributed by atoms with Crippen LogP contribution in [0.4, 0.5) is 11.4 Å². The van der Waals surface area contributed by atoms with Crippen LogP contribution in [0.5, 0.6) is 0 Å². The van der Waals surface area contributed by atoms with Crippen molar-refractivity contribution in [1.29, 1.82) is 0 Å². The van der Waals surface area contributed by atoms with Crippen molar-refractivity contribution in [2.75, 3.05) is 22.9 Å². The van der Waals surface area contributed by atoms with E-state index in [-0.39, 0.29) is 5.91 Å². The van der Waals surface area contributed by atoms with E-state index in [0.717, 1.165) is 41.7 Å². The van der Waals surface area contributed by atoms with Crippen molar-refractivity contribution in [3.8, 4) is 11.4 Å². The van der Waals surface area contributed by atoms with Gasteiger partial charge in [-0.1, -0.05) is 42.1 Å². The number of aromatic nitrogens is 3. The molecule has 0 unspecified atom stereocenters. The third-order valence-electron chi connectivity index (χ3n) is 4.69. The van der Waals surface area contributed by atoms with Crippen LogP contribution >= 0.6 is 11.8 Å². The second kappa shape index (κ2) is 7.44. The first-order valence-electron chi connectivity index (χ1n) is 8.97. The first kappa shape index (κ1) is 17.6. The maximum absolute atomic E-state index is 12.7. The monoisotopic (exact) mass is 379 g/mol. The molecule has 0 spiro atoms. The van der Waals surface area contributed by atoms with Crippen LogP contribution in [0.15, 0.2) is 53.7 Å². The molecule has 0 aliphatic carbocycles. The lowest BCUT2D eigenvalue weighted by Crippen LogP contribution is -2.30. The molecule has 1 aromatic heterocycles. The summed E-state index contributed by atoms with van der Waals surface area (Å²) in [6.07, 6.45) is 0.914. The number of anilines is 2. The van der Waals surface area contributed by atoms with Gasteiger partial charge in [-0.25, -0.2) is 0 Å². The van der Waals surface area contributed by atoms with Gasteiger partial charge in [-0.2, -0.15) is 0 Å². The summed E-state index contributed by atoms with van der Waals surface area (Å²) < 4.78 is 2.02. The molecule has 27 heavy (non-hydrogen) atoms. The summed E-state index contributed by atoms with van der Waals surface area (Å²) in [6, 6.07) is 15.7. The fraction of sp³-hybridized carbons (Fsp3) is 0.250. The van der Waals surface area contributed by atoms with E-state index in [9.17, 15) is 4.79 Å². The highest BCUT2D eigenvalue weighted by Crippen LogP contribution is 2.29. The normalized spacial score (nSPS) is 13.0. The summed E-state index contributed by atoms with van der Waals surface area (Å²) in [6.45, 7) is 3.51. The number of hydrogen-bond donors (Lipinski definition) is 1. The molecule has 2 N–H and O–H groups in total. The minimum absolute atomic E-state index is 0.0982. The van der Waals surface area contributed by atoms with Crippen LogP contribution in [0.3, 0.4) is 0 Å². The molecule has 0 atom stereocenters. The highest BCUT2D eigenvalue weighted by Gasteiger charge is 2.24. The average molecular weight is 379 g/mol. The van der Waals surface area contributed by atoms with Gasteiger partial charge in [-0.15, -0.1) is 10.2 Å². The molecule has 138 valence electrons. The van der Waals surface area contributed by atoms with Gasteiger partial charge in [-0.3, -0.25) is 4.79 Å². The Bertz CT molecular complexity index is 984. The summed E-state index contributed by atoms with van der Waals surface area (Å²) in [5.74, 6) is 1.20. The van der Waals surface area contributed by atoms with Gasteiger partial charge in [0.15, 0.2) is 11.0 Å². The number of fused-ring (bicyclic) bond motifs is 1. The quantitative estimate of drug-likeness (QED) is 0.544. The number of amides is 1. The molecule has 4 rings (SSSR count). The zero-order valence-corrected chi connectivity index (χ0v) is 15.9. The lowest BCUT2D eigenvalue weighted by Gasteiger charge is -2.17. The third-order valence-corrected chi connectivity index (χ3v) is 5.64. The van der Waals surface area contributed by atoms with Crippen molar-refractivity contribution in [3.05, 3.63) is 54.1 Å². The van der Waals surface area contributed by atoms with Gasteiger partial charge < -0.3 is 15.2 Å². The Hall–Kier alpha value is -2.80. The molecular formula is C20H21N5OS. The second-order valence-electron chi connectivity index (χ2n) is 6.39. The van der Waals surface area contributed by atoms with Crippen LogP contribution in [0, 0.1) is 0 Å². The van der Waals surface area contributed by atoms with Crippen molar-refractivity contribution in [2.24, 2.45) is 0 Å². The van der Waals surface area contributed by atoms with Crippen molar-refractivity contribution >= 4 is 29.0 Å². The molecule has 1 amide bonds. The van der Waals surface area contributed by atoms with E-state index in [1.54, 1.807) is 0 Å². The number of nitrogens with two attached hydrogens (primary N) is 1. The lowest BCUT2D eigenvalue weighted by molar-refractivity contribution is -0.116. The van der Waals surface area contributed by atoms with Crippen LogP contribution in [0.2, 0.25) is 0 Å². The molecule has 1 aliphatic heterocycles. The fourth-order valence-corrected chi connectivity index (χ4v) is 4.25. The predicted molar refractivity (Wildman–Crippen MR) is 109 cm³/mol. The Labute approximate surface area is 162 Å². The van der Waals surface area contributed by atoms with Gasteiger partial charge in [0.2, 0.25) is 5.91 Å². The summed E-state index contributed by atoms with van der Waals surface area (Å²) in [4.78, 5) is 14.6. The number of benzene rings is 2. The number of hydrogen-bond acceptors (Lipinski definition) is 5. The smallest absolute Gasteiger partial charge is 0.237 e. The van der Waals surface area contributed by atoms with Crippen molar-refractivity contribution in [3.63, 3.8) is 0 Å². The molecule has 0 radical (unpaired) electrons. The van der Waals surface area contributed by atoms with Crippen LogP contribution in [-0.4, -0.2) is 33.0 Å². The van der Waals surface area contributed by atoms with E-state index < -0.39 is 0 Å². The average Bonchev–Trinajstić information content (AvgIpc) is 3.30.